The third kappa shape index (κ3) is 4.65. The van der Waals surface area contributed by atoms with Gasteiger partial charge in [-0.05, 0) is 49.9 Å². The van der Waals surface area contributed by atoms with Crippen molar-refractivity contribution >= 4 is 22.8 Å². The van der Waals surface area contributed by atoms with Gasteiger partial charge < -0.3 is 14.0 Å². The molecule has 29 heavy (non-hydrogen) atoms. The van der Waals surface area contributed by atoms with E-state index in [9.17, 15) is 14.9 Å². The maximum atomic E-state index is 12.7. The number of benzene rings is 1. The Labute approximate surface area is 172 Å². The van der Waals surface area contributed by atoms with Crippen LogP contribution in [0.2, 0.25) is 0 Å². The molecule has 0 amide bonds. The number of methoxy groups -OCH3 is 1. The average molecular weight is 414 g/mol. The Kier molecular flexibility index (Phi) is 6.33. The number of Topliss-reactive ketones (excluding diaryl/α,β-unsaturated/α-hetero) is 1. The van der Waals surface area contributed by atoms with Gasteiger partial charge in [-0.2, -0.15) is 0 Å². The minimum absolute atomic E-state index is 0.0376. The molecule has 152 valence electrons. The summed E-state index contributed by atoms with van der Waals surface area (Å²) in [4.78, 5) is 24.7. The van der Waals surface area contributed by atoms with Gasteiger partial charge in [0.2, 0.25) is 5.78 Å². The predicted molar refractivity (Wildman–Crippen MR) is 111 cm³/mol. The van der Waals surface area contributed by atoms with E-state index in [-0.39, 0.29) is 23.8 Å². The summed E-state index contributed by atoms with van der Waals surface area (Å²) in [6.07, 6.45) is 0.899. The topological polar surface area (TPSA) is 83.6 Å². The lowest BCUT2D eigenvalue weighted by Gasteiger charge is -2.10. The van der Waals surface area contributed by atoms with Crippen molar-refractivity contribution in [2.24, 2.45) is 0 Å². The Bertz CT molecular complexity index is 1020. The van der Waals surface area contributed by atoms with Crippen molar-refractivity contribution in [3.8, 4) is 11.5 Å². The van der Waals surface area contributed by atoms with Gasteiger partial charge in [-0.15, -0.1) is 11.3 Å². The van der Waals surface area contributed by atoms with Crippen molar-refractivity contribution < 1.29 is 19.2 Å². The first-order chi connectivity index (χ1) is 13.9. The summed E-state index contributed by atoms with van der Waals surface area (Å²) in [6, 6.07) is 10.2. The Balaban J connectivity index is 1.71. The minimum Gasteiger partial charge on any atom is -0.496 e. The number of thiophene rings is 1. The lowest BCUT2D eigenvalue weighted by molar-refractivity contribution is -0.385. The van der Waals surface area contributed by atoms with Gasteiger partial charge in [-0.3, -0.25) is 14.9 Å². The molecule has 0 fully saturated rings. The quantitative estimate of drug-likeness (QED) is 0.291. The lowest BCUT2D eigenvalue weighted by Crippen LogP contribution is -2.14. The second-order valence-electron chi connectivity index (χ2n) is 6.57. The van der Waals surface area contributed by atoms with Crippen LogP contribution in [0.15, 0.2) is 41.8 Å². The Morgan fingerprint density at radius 3 is 2.69 bits per heavy atom. The highest BCUT2D eigenvalue weighted by Crippen LogP contribution is 2.31. The van der Waals surface area contributed by atoms with Crippen molar-refractivity contribution in [3.63, 3.8) is 0 Å². The van der Waals surface area contributed by atoms with Crippen LogP contribution in [0.5, 0.6) is 11.5 Å². The molecule has 0 aliphatic rings. The fourth-order valence-electron chi connectivity index (χ4n) is 3.21. The molecule has 2 aromatic heterocycles. The summed E-state index contributed by atoms with van der Waals surface area (Å²) in [5, 5.41) is 13.3. The number of ether oxygens (including phenoxy) is 2. The van der Waals surface area contributed by atoms with Gasteiger partial charge in [0.1, 0.15) is 5.75 Å². The van der Waals surface area contributed by atoms with Crippen LogP contribution < -0.4 is 9.47 Å². The molecule has 7 nitrogen and oxygen atoms in total. The summed E-state index contributed by atoms with van der Waals surface area (Å²) >= 11 is 1.71. The third-order valence-corrected chi connectivity index (χ3v) is 5.69. The van der Waals surface area contributed by atoms with Crippen LogP contribution >= 0.6 is 11.3 Å². The van der Waals surface area contributed by atoms with E-state index in [1.165, 1.54) is 24.1 Å². The predicted octanol–water partition coefficient (Wildman–Crippen LogP) is 4.59. The summed E-state index contributed by atoms with van der Waals surface area (Å²) in [5.41, 5.74) is 2.21. The van der Waals surface area contributed by atoms with E-state index in [0.717, 1.165) is 24.4 Å². The fourth-order valence-corrected chi connectivity index (χ4v) is 3.91. The standard InChI is InChI=1S/C21H22N2O5S/c1-14-11-18(15(2)22(14)9-8-17-5-4-10-29-17)20(24)13-28-21-7-6-16(27-3)12-19(21)23(25)26/h4-7,10-12H,8-9,13H2,1-3H3. The average Bonchev–Trinajstić information content (AvgIpc) is 3.32. The van der Waals surface area contributed by atoms with Gasteiger partial charge >= 0.3 is 5.69 Å². The first kappa shape index (κ1) is 20.6. The number of hydrogen-bond donors (Lipinski definition) is 0. The van der Waals surface area contributed by atoms with Crippen molar-refractivity contribution in [2.75, 3.05) is 13.7 Å². The number of nitro benzene ring substituents is 1. The van der Waals surface area contributed by atoms with Crippen LogP contribution in [-0.2, 0) is 13.0 Å². The number of aryl methyl sites for hydroxylation is 2. The van der Waals surface area contributed by atoms with E-state index in [0.29, 0.717) is 11.3 Å². The Morgan fingerprint density at radius 1 is 1.24 bits per heavy atom. The molecular formula is C21H22N2O5S. The molecule has 3 aromatic rings. The molecule has 0 aliphatic carbocycles. The third-order valence-electron chi connectivity index (χ3n) is 4.76. The van der Waals surface area contributed by atoms with Crippen LogP contribution in [-0.4, -0.2) is 29.0 Å². The van der Waals surface area contributed by atoms with Gasteiger partial charge in [-0.1, -0.05) is 6.07 Å². The fraction of sp³-hybridized carbons (Fsp3) is 0.286. The zero-order valence-corrected chi connectivity index (χ0v) is 17.3. The van der Waals surface area contributed by atoms with Gasteiger partial charge in [0, 0.05) is 28.4 Å². The van der Waals surface area contributed by atoms with Gasteiger partial charge in [0.25, 0.3) is 0 Å². The first-order valence-electron chi connectivity index (χ1n) is 9.08. The van der Waals surface area contributed by atoms with E-state index in [2.05, 4.69) is 16.0 Å². The number of carbonyl (C=O) groups excluding carboxylic acids is 1. The van der Waals surface area contributed by atoms with E-state index in [4.69, 9.17) is 9.47 Å². The van der Waals surface area contributed by atoms with Crippen molar-refractivity contribution in [3.05, 3.63) is 73.7 Å². The molecule has 8 heteroatoms. The molecule has 1 aromatic carbocycles. The van der Waals surface area contributed by atoms with Crippen LogP contribution in [0.4, 0.5) is 5.69 Å². The smallest absolute Gasteiger partial charge is 0.314 e. The molecule has 0 unspecified atom stereocenters. The lowest BCUT2D eigenvalue weighted by atomic mass is 10.1. The molecule has 0 radical (unpaired) electrons. The zero-order chi connectivity index (χ0) is 21.0. The second-order valence-corrected chi connectivity index (χ2v) is 7.60. The monoisotopic (exact) mass is 414 g/mol. The Hall–Kier alpha value is -3.13. The van der Waals surface area contributed by atoms with Crippen LogP contribution in [0.1, 0.15) is 26.6 Å². The van der Waals surface area contributed by atoms with Crippen molar-refractivity contribution in [2.45, 2.75) is 26.8 Å². The molecule has 0 saturated heterocycles. The van der Waals surface area contributed by atoms with Crippen molar-refractivity contribution in [1.82, 2.24) is 4.57 Å². The van der Waals surface area contributed by atoms with Gasteiger partial charge in [-0.25, -0.2) is 0 Å². The molecule has 0 aliphatic heterocycles. The second kappa shape index (κ2) is 8.91. The zero-order valence-electron chi connectivity index (χ0n) is 16.5. The molecule has 0 bridgehead atoms. The van der Waals surface area contributed by atoms with E-state index < -0.39 is 4.92 Å². The normalized spacial score (nSPS) is 10.7. The number of nitro groups is 1. The summed E-state index contributed by atoms with van der Waals surface area (Å²) in [7, 11) is 1.43. The number of hydrogen-bond acceptors (Lipinski definition) is 6. The number of rotatable bonds is 9. The maximum absolute atomic E-state index is 12.7. The summed E-state index contributed by atoms with van der Waals surface area (Å²) in [6.45, 7) is 4.39. The van der Waals surface area contributed by atoms with E-state index in [1.54, 1.807) is 17.4 Å². The van der Waals surface area contributed by atoms with Crippen LogP contribution in [0, 0.1) is 24.0 Å². The maximum Gasteiger partial charge on any atom is 0.314 e. The van der Waals surface area contributed by atoms with Gasteiger partial charge in [0.05, 0.1) is 18.1 Å². The number of aromatic nitrogens is 1. The minimum atomic E-state index is -0.557. The number of ketones is 1. The molecular weight excluding hydrogens is 392 g/mol. The Morgan fingerprint density at radius 2 is 2.03 bits per heavy atom. The summed E-state index contributed by atoms with van der Waals surface area (Å²) < 4.78 is 12.6. The number of nitrogens with zero attached hydrogens (tertiary/aromatic N) is 2. The molecule has 0 N–H and O–H groups in total. The highest BCUT2D eigenvalue weighted by molar-refractivity contribution is 7.09. The van der Waals surface area contributed by atoms with Crippen molar-refractivity contribution in [1.29, 1.82) is 0 Å². The molecule has 0 spiro atoms. The highest BCUT2D eigenvalue weighted by Gasteiger charge is 2.20. The molecule has 2 heterocycles. The SMILES string of the molecule is COc1ccc(OCC(=O)c2cc(C)n(CCc3cccs3)c2C)c([N+](=O)[O-])c1. The summed E-state index contributed by atoms with van der Waals surface area (Å²) in [5.74, 6) is 0.172. The van der Waals surface area contributed by atoms with E-state index >= 15 is 0 Å². The largest absolute Gasteiger partial charge is 0.496 e. The number of carbonyl (C=O) groups is 1. The van der Waals surface area contributed by atoms with E-state index in [1.807, 2.05) is 26.0 Å². The van der Waals surface area contributed by atoms with Gasteiger partial charge in [0.15, 0.2) is 12.4 Å². The molecule has 0 saturated carbocycles. The first-order valence-corrected chi connectivity index (χ1v) is 9.96. The van der Waals surface area contributed by atoms with Crippen LogP contribution in [0.3, 0.4) is 0 Å². The molecule has 3 rings (SSSR count). The molecule has 0 atom stereocenters. The van der Waals surface area contributed by atoms with Crippen LogP contribution in [0.25, 0.3) is 0 Å². The highest BCUT2D eigenvalue weighted by atomic mass is 32.1.